The van der Waals surface area contributed by atoms with Gasteiger partial charge in [-0.1, -0.05) is 120 Å². The molecule has 2 aromatic rings. The molecule has 0 spiro atoms. The molecule has 212 valence electrons. The van der Waals surface area contributed by atoms with Crippen molar-refractivity contribution in [3.05, 3.63) is 65.7 Å². The fraction of sp³-hybridized carbons (Fsp3) is 0.618. The van der Waals surface area contributed by atoms with E-state index in [4.69, 9.17) is 9.47 Å². The van der Waals surface area contributed by atoms with Gasteiger partial charge in [-0.3, -0.25) is 0 Å². The summed E-state index contributed by atoms with van der Waals surface area (Å²) in [6.07, 6.45) is 17.7. The Morgan fingerprint density at radius 1 is 0.711 bits per heavy atom. The van der Waals surface area contributed by atoms with Gasteiger partial charge in [-0.25, -0.2) is 4.79 Å². The normalized spacial score (nSPS) is 12.3. The lowest BCUT2D eigenvalue weighted by Crippen LogP contribution is -2.51. The lowest BCUT2D eigenvalue weighted by molar-refractivity contribution is -0.917. The maximum absolute atomic E-state index is 12.6. The summed E-state index contributed by atoms with van der Waals surface area (Å²) >= 11 is 0. The summed E-state index contributed by atoms with van der Waals surface area (Å²) in [5.41, 5.74) is 2.57. The molecule has 1 atom stereocenters. The number of likely N-dealkylation sites (N-methyl/N-ethyl adjacent to an activating group) is 1. The Bertz CT molecular complexity index is 863. The van der Waals surface area contributed by atoms with Gasteiger partial charge in [-0.15, -0.1) is 0 Å². The molecule has 4 nitrogen and oxygen atoms in total. The van der Waals surface area contributed by atoms with Crippen LogP contribution in [0.1, 0.15) is 102 Å². The molecule has 0 fully saturated rings. The minimum atomic E-state index is -0.255. The van der Waals surface area contributed by atoms with Gasteiger partial charge in [0.2, 0.25) is 0 Å². The summed E-state index contributed by atoms with van der Waals surface area (Å²) in [5, 5.41) is 0. The number of carbonyl (C=O) groups excluding carboxylic acids is 1. The van der Waals surface area contributed by atoms with Crippen LogP contribution in [0.4, 0.5) is 0 Å². The van der Waals surface area contributed by atoms with E-state index in [0.717, 1.165) is 18.7 Å². The second-order valence-corrected chi connectivity index (χ2v) is 11.4. The zero-order valence-electron chi connectivity index (χ0n) is 24.8. The lowest BCUT2D eigenvalue weighted by Gasteiger charge is -2.34. The topological polar surface area (TPSA) is 35.5 Å². The number of aryl methyl sites for hydroxylation is 1. The van der Waals surface area contributed by atoms with E-state index in [2.05, 4.69) is 45.3 Å². The Labute approximate surface area is 233 Å². The van der Waals surface area contributed by atoms with Crippen molar-refractivity contribution in [2.24, 2.45) is 0 Å². The highest BCUT2D eigenvalue weighted by molar-refractivity contribution is 5.74. The van der Waals surface area contributed by atoms with E-state index in [1.165, 1.54) is 88.2 Å². The quantitative estimate of drug-likeness (QED) is 0.0932. The summed E-state index contributed by atoms with van der Waals surface area (Å²) in [4.78, 5) is 12.6. The fourth-order valence-corrected chi connectivity index (χ4v) is 4.82. The van der Waals surface area contributed by atoms with E-state index in [1.54, 1.807) is 0 Å². The predicted octanol–water partition coefficient (Wildman–Crippen LogP) is 8.52. The zero-order valence-corrected chi connectivity index (χ0v) is 24.8. The van der Waals surface area contributed by atoms with E-state index in [-0.39, 0.29) is 18.6 Å². The van der Waals surface area contributed by atoms with Crippen molar-refractivity contribution < 1.29 is 18.8 Å². The van der Waals surface area contributed by atoms with Crippen molar-refractivity contribution in [2.75, 3.05) is 27.3 Å². The van der Waals surface area contributed by atoms with Crippen molar-refractivity contribution in [3.8, 4) is 5.75 Å². The summed E-state index contributed by atoms with van der Waals surface area (Å²) in [6, 6.07) is 18.4. The van der Waals surface area contributed by atoms with E-state index in [0.29, 0.717) is 11.1 Å². The molecule has 0 aliphatic heterocycles. The van der Waals surface area contributed by atoms with Gasteiger partial charge in [0.1, 0.15) is 25.5 Å². The monoisotopic (exact) mass is 524 g/mol. The van der Waals surface area contributed by atoms with Crippen LogP contribution in [-0.4, -0.2) is 43.8 Å². The first kappa shape index (κ1) is 31.9. The molecule has 2 aromatic carbocycles. The average Bonchev–Trinajstić information content (AvgIpc) is 2.92. The van der Waals surface area contributed by atoms with Crippen molar-refractivity contribution in [2.45, 2.75) is 110 Å². The molecule has 0 bridgehead atoms. The van der Waals surface area contributed by atoms with Gasteiger partial charge in [0.25, 0.3) is 0 Å². The Morgan fingerprint density at radius 2 is 1.26 bits per heavy atom. The third-order valence-corrected chi connectivity index (χ3v) is 7.66. The van der Waals surface area contributed by atoms with E-state index < -0.39 is 0 Å². The Kier molecular flexibility index (Phi) is 15.8. The maximum Gasteiger partial charge on any atom is 0.364 e. The van der Waals surface area contributed by atoms with Crippen molar-refractivity contribution in [3.63, 3.8) is 0 Å². The van der Waals surface area contributed by atoms with Gasteiger partial charge in [0.05, 0.1) is 14.1 Å². The van der Waals surface area contributed by atoms with E-state index in [1.807, 2.05) is 37.3 Å². The van der Waals surface area contributed by atoms with E-state index >= 15 is 0 Å². The molecule has 0 saturated heterocycles. The van der Waals surface area contributed by atoms with E-state index in [9.17, 15) is 4.79 Å². The molecule has 4 heteroatoms. The molecule has 38 heavy (non-hydrogen) atoms. The van der Waals surface area contributed by atoms with Crippen molar-refractivity contribution >= 4 is 5.97 Å². The molecule has 0 radical (unpaired) electrons. The van der Waals surface area contributed by atoms with Crippen LogP contribution in [0, 0.1) is 0 Å². The highest BCUT2D eigenvalue weighted by atomic mass is 16.6. The smallest absolute Gasteiger partial charge is 0.364 e. The van der Waals surface area contributed by atoms with Gasteiger partial charge in [-0.2, -0.15) is 0 Å². The largest absolute Gasteiger partial charge is 0.490 e. The second kappa shape index (κ2) is 18.8. The number of hydrogen-bond acceptors (Lipinski definition) is 3. The average molecular weight is 525 g/mol. The van der Waals surface area contributed by atoms with Crippen molar-refractivity contribution in [1.82, 2.24) is 0 Å². The number of nitrogens with zero attached hydrogens (tertiary/aromatic N) is 1. The second-order valence-electron chi connectivity index (χ2n) is 11.4. The zero-order chi connectivity index (χ0) is 27.5. The molecule has 0 heterocycles. The first-order valence-electron chi connectivity index (χ1n) is 15.2. The molecule has 0 saturated carbocycles. The highest BCUT2D eigenvalue weighted by Crippen LogP contribution is 2.17. The number of benzene rings is 2. The van der Waals surface area contributed by atoms with Crippen LogP contribution >= 0.6 is 0 Å². The molecular formula is C34H54NO3+. The molecule has 0 aromatic heterocycles. The van der Waals surface area contributed by atoms with Crippen LogP contribution < -0.4 is 4.74 Å². The summed E-state index contributed by atoms with van der Waals surface area (Å²) in [7, 11) is 4.13. The molecule has 0 amide bonds. The Morgan fingerprint density at radius 3 is 1.84 bits per heavy atom. The standard InChI is InChI=1S/C34H54NO3/c1-5-6-7-8-9-10-11-12-13-14-15-17-20-31-23-25-33(26-24-31)37-27-28-38-34(36)30(2)35(3,4)29-32-21-18-16-19-22-32/h16,18-19,21-26,30H,5-15,17,20,27-29H2,1-4H3/q+1. The molecule has 0 aliphatic rings. The lowest BCUT2D eigenvalue weighted by atomic mass is 10.0. The van der Waals surface area contributed by atoms with Gasteiger partial charge in [-0.05, 0) is 37.5 Å². The fourth-order valence-electron chi connectivity index (χ4n) is 4.82. The van der Waals surface area contributed by atoms with Crippen LogP contribution in [0.15, 0.2) is 54.6 Å². The number of ether oxygens (including phenoxy) is 2. The Hall–Kier alpha value is -2.33. The minimum Gasteiger partial charge on any atom is -0.490 e. The highest BCUT2D eigenvalue weighted by Gasteiger charge is 2.32. The minimum absolute atomic E-state index is 0.188. The van der Waals surface area contributed by atoms with Crippen LogP contribution in [0.2, 0.25) is 0 Å². The SMILES string of the molecule is CCCCCCCCCCCCCCc1ccc(OCCOC(=O)C(C)[N+](C)(C)Cc2ccccc2)cc1. The van der Waals surface area contributed by atoms with Crippen LogP contribution in [0.25, 0.3) is 0 Å². The number of quaternary nitrogens is 1. The van der Waals surface area contributed by atoms with Crippen LogP contribution in [0.3, 0.4) is 0 Å². The van der Waals surface area contributed by atoms with Gasteiger partial charge in [0.15, 0.2) is 6.04 Å². The number of rotatable bonds is 21. The number of hydrogen-bond donors (Lipinski definition) is 0. The number of carbonyl (C=O) groups is 1. The molecule has 0 aliphatic carbocycles. The molecule has 1 unspecified atom stereocenters. The summed E-state index contributed by atoms with van der Waals surface area (Å²) in [6.45, 7) is 5.61. The summed E-state index contributed by atoms with van der Waals surface area (Å²) < 4.78 is 11.9. The van der Waals surface area contributed by atoms with Gasteiger partial charge >= 0.3 is 5.97 Å². The van der Waals surface area contributed by atoms with Gasteiger partial charge < -0.3 is 14.0 Å². The number of esters is 1. The first-order chi connectivity index (χ1) is 18.4. The molecule has 0 N–H and O–H groups in total. The first-order valence-corrected chi connectivity index (χ1v) is 15.2. The summed E-state index contributed by atoms with van der Waals surface area (Å²) in [5.74, 6) is 0.639. The molecule has 2 rings (SSSR count). The number of unbranched alkanes of at least 4 members (excludes halogenated alkanes) is 11. The Balaban J connectivity index is 1.52. The predicted molar refractivity (Wildman–Crippen MR) is 159 cm³/mol. The van der Waals surface area contributed by atoms with Crippen LogP contribution in [0.5, 0.6) is 5.75 Å². The van der Waals surface area contributed by atoms with Crippen molar-refractivity contribution in [1.29, 1.82) is 0 Å². The maximum atomic E-state index is 12.6. The van der Waals surface area contributed by atoms with Crippen LogP contribution in [-0.2, 0) is 22.5 Å². The van der Waals surface area contributed by atoms with Gasteiger partial charge in [0, 0.05) is 5.56 Å². The third-order valence-electron chi connectivity index (χ3n) is 7.66. The third kappa shape index (κ3) is 13.5. The molecular weight excluding hydrogens is 470 g/mol.